The first kappa shape index (κ1) is 14.7. The zero-order valence-electron chi connectivity index (χ0n) is 11.2. The minimum atomic E-state index is 0.0424. The van der Waals surface area contributed by atoms with Crippen molar-refractivity contribution in [1.82, 2.24) is 4.90 Å². The van der Waals surface area contributed by atoms with E-state index in [1.54, 1.807) is 4.90 Å². The first-order valence-electron chi connectivity index (χ1n) is 6.38. The van der Waals surface area contributed by atoms with Crippen molar-refractivity contribution >= 4 is 5.91 Å². The molecule has 4 heteroatoms. The quantitative estimate of drug-likeness (QED) is 0.749. The highest BCUT2D eigenvalue weighted by molar-refractivity contribution is 5.94. The molecule has 1 amide bonds. The van der Waals surface area contributed by atoms with Crippen molar-refractivity contribution in [3.05, 3.63) is 35.4 Å². The number of nitrogens with two attached hydrogens (primary N) is 1. The summed E-state index contributed by atoms with van der Waals surface area (Å²) in [5, 5.41) is 0. The average molecular weight is 250 g/mol. The number of carbonyl (C=O) groups is 1. The van der Waals surface area contributed by atoms with E-state index in [9.17, 15) is 4.79 Å². The summed E-state index contributed by atoms with van der Waals surface area (Å²) in [5.74, 6) is 0.0424. The zero-order chi connectivity index (χ0) is 13.4. The predicted molar refractivity (Wildman–Crippen MR) is 72.4 cm³/mol. The van der Waals surface area contributed by atoms with Crippen LogP contribution in [0.5, 0.6) is 0 Å². The lowest BCUT2D eigenvalue weighted by Gasteiger charge is -2.20. The molecule has 1 aromatic carbocycles. The monoisotopic (exact) mass is 250 g/mol. The van der Waals surface area contributed by atoms with Gasteiger partial charge in [-0.1, -0.05) is 12.1 Å². The normalized spacial score (nSPS) is 10.4. The van der Waals surface area contributed by atoms with Crippen LogP contribution in [0.15, 0.2) is 24.3 Å². The maximum absolute atomic E-state index is 12.2. The van der Waals surface area contributed by atoms with Gasteiger partial charge in [0.25, 0.3) is 5.91 Å². The van der Waals surface area contributed by atoms with Gasteiger partial charge in [-0.25, -0.2) is 0 Å². The molecule has 1 aromatic rings. The molecule has 0 radical (unpaired) electrons. The van der Waals surface area contributed by atoms with E-state index < -0.39 is 0 Å². The minimum Gasteiger partial charge on any atom is -0.380 e. The highest BCUT2D eigenvalue weighted by atomic mass is 16.5. The number of nitrogens with zero attached hydrogens (tertiary/aromatic N) is 1. The standard InChI is InChI=1S/C14H22N2O2/c1-3-16(9-10-18-4-2)14(17)13-7-5-12(11-15)6-8-13/h5-8H,3-4,9-11,15H2,1-2H3. The lowest BCUT2D eigenvalue weighted by Crippen LogP contribution is -2.33. The van der Waals surface area contributed by atoms with Gasteiger partial charge in [-0.05, 0) is 31.5 Å². The van der Waals surface area contributed by atoms with E-state index in [0.717, 1.165) is 5.56 Å². The molecule has 0 aromatic heterocycles. The summed E-state index contributed by atoms with van der Waals surface area (Å²) < 4.78 is 5.28. The van der Waals surface area contributed by atoms with E-state index in [1.165, 1.54) is 0 Å². The lowest BCUT2D eigenvalue weighted by molar-refractivity contribution is 0.0669. The molecule has 100 valence electrons. The SMILES string of the molecule is CCOCCN(CC)C(=O)c1ccc(CN)cc1. The van der Waals surface area contributed by atoms with Crippen LogP contribution in [0.4, 0.5) is 0 Å². The fourth-order valence-corrected chi connectivity index (χ4v) is 1.69. The summed E-state index contributed by atoms with van der Waals surface area (Å²) in [6, 6.07) is 7.44. The molecule has 0 aliphatic carbocycles. The fraction of sp³-hybridized carbons (Fsp3) is 0.500. The Bertz CT molecular complexity index is 363. The second kappa shape index (κ2) is 7.84. The zero-order valence-corrected chi connectivity index (χ0v) is 11.2. The van der Waals surface area contributed by atoms with Gasteiger partial charge in [-0.15, -0.1) is 0 Å². The summed E-state index contributed by atoms with van der Waals surface area (Å²) in [7, 11) is 0. The second-order valence-corrected chi connectivity index (χ2v) is 3.98. The summed E-state index contributed by atoms with van der Waals surface area (Å²) in [6.45, 7) is 6.98. The molecular weight excluding hydrogens is 228 g/mol. The van der Waals surface area contributed by atoms with Gasteiger partial charge >= 0.3 is 0 Å². The van der Waals surface area contributed by atoms with Crippen molar-refractivity contribution in [1.29, 1.82) is 0 Å². The van der Waals surface area contributed by atoms with Crippen LogP contribution >= 0.6 is 0 Å². The Morgan fingerprint density at radius 1 is 1.28 bits per heavy atom. The van der Waals surface area contributed by atoms with E-state index in [2.05, 4.69) is 0 Å². The largest absolute Gasteiger partial charge is 0.380 e. The van der Waals surface area contributed by atoms with Gasteiger partial charge in [-0.3, -0.25) is 4.79 Å². The number of amides is 1. The Hall–Kier alpha value is -1.39. The molecule has 0 aliphatic heterocycles. The third-order valence-electron chi connectivity index (χ3n) is 2.82. The summed E-state index contributed by atoms with van der Waals surface area (Å²) >= 11 is 0. The maximum Gasteiger partial charge on any atom is 0.253 e. The minimum absolute atomic E-state index is 0.0424. The average Bonchev–Trinajstić information content (AvgIpc) is 2.43. The Morgan fingerprint density at radius 2 is 1.94 bits per heavy atom. The van der Waals surface area contributed by atoms with E-state index in [4.69, 9.17) is 10.5 Å². The molecule has 2 N–H and O–H groups in total. The van der Waals surface area contributed by atoms with Crippen LogP contribution in [0.2, 0.25) is 0 Å². The number of benzene rings is 1. The molecule has 0 aliphatic rings. The smallest absolute Gasteiger partial charge is 0.253 e. The topological polar surface area (TPSA) is 55.6 Å². The number of carbonyl (C=O) groups excluding carboxylic acids is 1. The number of rotatable bonds is 7. The first-order chi connectivity index (χ1) is 8.72. The van der Waals surface area contributed by atoms with Crippen LogP contribution in [-0.2, 0) is 11.3 Å². The molecule has 18 heavy (non-hydrogen) atoms. The Morgan fingerprint density at radius 3 is 2.44 bits per heavy atom. The van der Waals surface area contributed by atoms with Gasteiger partial charge in [0.05, 0.1) is 6.61 Å². The van der Waals surface area contributed by atoms with Crippen LogP contribution in [0.1, 0.15) is 29.8 Å². The van der Waals surface area contributed by atoms with Crippen molar-refractivity contribution in [2.75, 3.05) is 26.3 Å². The molecule has 0 bridgehead atoms. The van der Waals surface area contributed by atoms with Crippen LogP contribution in [0.3, 0.4) is 0 Å². The van der Waals surface area contributed by atoms with Crippen molar-refractivity contribution < 1.29 is 9.53 Å². The lowest BCUT2D eigenvalue weighted by atomic mass is 10.1. The molecule has 0 saturated heterocycles. The van der Waals surface area contributed by atoms with E-state index in [-0.39, 0.29) is 5.91 Å². The number of hydrogen-bond donors (Lipinski definition) is 1. The second-order valence-electron chi connectivity index (χ2n) is 3.98. The Labute approximate surface area is 109 Å². The van der Waals surface area contributed by atoms with Crippen LogP contribution in [-0.4, -0.2) is 37.1 Å². The molecule has 0 fully saturated rings. The van der Waals surface area contributed by atoms with Gasteiger partial charge in [0.2, 0.25) is 0 Å². The summed E-state index contributed by atoms with van der Waals surface area (Å²) in [5.41, 5.74) is 7.26. The van der Waals surface area contributed by atoms with Gasteiger partial charge in [-0.2, -0.15) is 0 Å². The fourth-order valence-electron chi connectivity index (χ4n) is 1.69. The van der Waals surface area contributed by atoms with Crippen molar-refractivity contribution in [2.45, 2.75) is 20.4 Å². The third kappa shape index (κ3) is 4.13. The van der Waals surface area contributed by atoms with Gasteiger partial charge in [0.15, 0.2) is 0 Å². The maximum atomic E-state index is 12.2. The molecule has 0 unspecified atom stereocenters. The molecule has 4 nitrogen and oxygen atoms in total. The predicted octanol–water partition coefficient (Wildman–Crippen LogP) is 1.64. The summed E-state index contributed by atoms with van der Waals surface area (Å²) in [4.78, 5) is 14.0. The third-order valence-corrected chi connectivity index (χ3v) is 2.82. The van der Waals surface area contributed by atoms with Crippen LogP contribution < -0.4 is 5.73 Å². The number of hydrogen-bond acceptors (Lipinski definition) is 3. The highest BCUT2D eigenvalue weighted by Crippen LogP contribution is 2.07. The summed E-state index contributed by atoms with van der Waals surface area (Å²) in [6.07, 6.45) is 0. The molecule has 1 rings (SSSR count). The van der Waals surface area contributed by atoms with E-state index in [0.29, 0.717) is 38.4 Å². The van der Waals surface area contributed by atoms with Crippen molar-refractivity contribution in [2.24, 2.45) is 5.73 Å². The van der Waals surface area contributed by atoms with Gasteiger partial charge in [0, 0.05) is 31.8 Å². The van der Waals surface area contributed by atoms with Crippen LogP contribution in [0, 0.1) is 0 Å². The molecule has 0 saturated carbocycles. The van der Waals surface area contributed by atoms with Crippen molar-refractivity contribution in [3.63, 3.8) is 0 Å². The number of ether oxygens (including phenoxy) is 1. The van der Waals surface area contributed by atoms with E-state index in [1.807, 2.05) is 38.1 Å². The molecule has 0 heterocycles. The first-order valence-corrected chi connectivity index (χ1v) is 6.38. The molecular formula is C14H22N2O2. The van der Waals surface area contributed by atoms with Gasteiger partial charge in [0.1, 0.15) is 0 Å². The molecule has 0 atom stereocenters. The van der Waals surface area contributed by atoms with Crippen LogP contribution in [0.25, 0.3) is 0 Å². The Balaban J connectivity index is 2.64. The van der Waals surface area contributed by atoms with Crippen molar-refractivity contribution in [3.8, 4) is 0 Å². The Kier molecular flexibility index (Phi) is 6.39. The molecule has 0 spiro atoms. The van der Waals surface area contributed by atoms with E-state index >= 15 is 0 Å². The van der Waals surface area contributed by atoms with Gasteiger partial charge < -0.3 is 15.4 Å². The highest BCUT2D eigenvalue weighted by Gasteiger charge is 2.13. The number of likely N-dealkylation sites (N-methyl/N-ethyl adjacent to an activating group) is 1.